The summed E-state index contributed by atoms with van der Waals surface area (Å²) in [7, 11) is 0. The summed E-state index contributed by atoms with van der Waals surface area (Å²) in [5, 5.41) is 8.42. The van der Waals surface area contributed by atoms with Crippen molar-refractivity contribution in [2.24, 2.45) is 0 Å². The van der Waals surface area contributed by atoms with Crippen molar-refractivity contribution < 1.29 is 5.11 Å². The van der Waals surface area contributed by atoms with Gasteiger partial charge in [0.1, 0.15) is 6.61 Å². The largest absolute Gasteiger partial charge is 0.384 e. The number of hydrogen-bond donors (Lipinski definition) is 1. The number of rotatable bonds is 1. The van der Waals surface area contributed by atoms with Crippen molar-refractivity contribution in [3.63, 3.8) is 0 Å². The molecule has 0 heterocycles. The third-order valence-electron chi connectivity index (χ3n) is 1.39. The average Bonchev–Trinajstić information content (AvgIpc) is 2.05. The molecule has 0 aliphatic carbocycles. The van der Waals surface area contributed by atoms with Gasteiger partial charge in [0.05, 0.1) is 0 Å². The van der Waals surface area contributed by atoms with Gasteiger partial charge in [-0.05, 0) is 17.7 Å². The van der Waals surface area contributed by atoms with Crippen molar-refractivity contribution in [2.45, 2.75) is 6.42 Å². The minimum absolute atomic E-state index is 0.0615. The van der Waals surface area contributed by atoms with E-state index in [-0.39, 0.29) is 6.61 Å². The zero-order valence-electron chi connectivity index (χ0n) is 6.55. The number of aliphatic hydroxyl groups is 1. The lowest BCUT2D eigenvalue weighted by atomic mass is 10.2. The van der Waals surface area contributed by atoms with E-state index in [1.807, 2.05) is 24.3 Å². The fraction of sp³-hybridized carbons (Fsp3) is 0.200. The highest BCUT2D eigenvalue weighted by Crippen LogP contribution is 2.11. The lowest BCUT2D eigenvalue weighted by Crippen LogP contribution is -1.81. The smallest absolute Gasteiger partial charge is 0.104 e. The molecule has 1 aromatic rings. The molecule has 1 aromatic carbocycles. The molecule has 0 aliphatic rings. The Labute approximate surface area is 80.6 Å². The Kier molecular flexibility index (Phi) is 3.86. The van der Waals surface area contributed by atoms with Crippen LogP contribution in [0, 0.1) is 11.8 Å². The number of benzene rings is 1. The highest BCUT2D eigenvalue weighted by molar-refractivity contribution is 9.10. The molecule has 0 spiro atoms. The van der Waals surface area contributed by atoms with Gasteiger partial charge in [0.2, 0.25) is 0 Å². The Balaban J connectivity index is 2.63. The molecule has 0 radical (unpaired) electrons. The van der Waals surface area contributed by atoms with E-state index < -0.39 is 0 Å². The summed E-state index contributed by atoms with van der Waals surface area (Å²) in [6.07, 6.45) is 0.694. The first-order valence-corrected chi connectivity index (χ1v) is 4.43. The predicted molar refractivity (Wildman–Crippen MR) is 52.7 cm³/mol. The molecule has 0 unspecified atom stereocenters. The topological polar surface area (TPSA) is 20.2 Å². The quantitative estimate of drug-likeness (QED) is 0.724. The molecule has 2 heteroatoms. The van der Waals surface area contributed by atoms with E-state index in [1.54, 1.807) is 0 Å². The molecule has 0 amide bonds. The van der Waals surface area contributed by atoms with Crippen LogP contribution in [0.4, 0.5) is 0 Å². The first-order valence-electron chi connectivity index (χ1n) is 3.64. The molecule has 0 aliphatic heterocycles. The first kappa shape index (κ1) is 9.31. The summed E-state index contributed by atoms with van der Waals surface area (Å²) < 4.78 is 1.06. The van der Waals surface area contributed by atoms with Crippen molar-refractivity contribution in [3.05, 3.63) is 34.3 Å². The van der Waals surface area contributed by atoms with Gasteiger partial charge in [-0.25, -0.2) is 0 Å². The fourth-order valence-electron chi connectivity index (χ4n) is 0.867. The van der Waals surface area contributed by atoms with Gasteiger partial charge in [0, 0.05) is 10.9 Å². The summed E-state index contributed by atoms with van der Waals surface area (Å²) in [5.41, 5.74) is 1.16. The normalized spacial score (nSPS) is 8.83. The van der Waals surface area contributed by atoms with Gasteiger partial charge < -0.3 is 5.11 Å². The van der Waals surface area contributed by atoms with E-state index in [1.165, 1.54) is 0 Å². The van der Waals surface area contributed by atoms with Gasteiger partial charge in [-0.2, -0.15) is 0 Å². The molecule has 1 nitrogen and oxygen atoms in total. The molecule has 0 bridgehead atoms. The maximum Gasteiger partial charge on any atom is 0.104 e. The molecular formula is C10H9BrO. The SMILES string of the molecule is OCC#CCc1cccc(Br)c1. The van der Waals surface area contributed by atoms with Crippen LogP contribution < -0.4 is 0 Å². The molecule has 0 atom stereocenters. The van der Waals surface area contributed by atoms with Gasteiger partial charge >= 0.3 is 0 Å². The lowest BCUT2D eigenvalue weighted by molar-refractivity contribution is 0.350. The third kappa shape index (κ3) is 3.08. The van der Waals surface area contributed by atoms with Crippen molar-refractivity contribution >= 4 is 15.9 Å². The van der Waals surface area contributed by atoms with Crippen molar-refractivity contribution in [3.8, 4) is 11.8 Å². The number of halogens is 1. The maximum absolute atomic E-state index is 8.42. The Bertz CT molecular complexity index is 309. The van der Waals surface area contributed by atoms with Crippen LogP contribution in [0.3, 0.4) is 0 Å². The van der Waals surface area contributed by atoms with Crippen molar-refractivity contribution in [1.29, 1.82) is 0 Å². The standard InChI is InChI=1S/C10H9BrO/c11-10-6-3-5-9(8-10)4-1-2-7-12/h3,5-6,8,12H,4,7H2. The maximum atomic E-state index is 8.42. The highest BCUT2D eigenvalue weighted by Gasteiger charge is 1.89. The summed E-state index contributed by atoms with van der Waals surface area (Å²) in [5.74, 6) is 5.46. The molecule has 1 N–H and O–H groups in total. The van der Waals surface area contributed by atoms with E-state index in [2.05, 4.69) is 27.8 Å². The van der Waals surface area contributed by atoms with Crippen LogP contribution in [-0.2, 0) is 6.42 Å². The van der Waals surface area contributed by atoms with Crippen LogP contribution in [0.5, 0.6) is 0 Å². The highest BCUT2D eigenvalue weighted by atomic mass is 79.9. The molecule has 12 heavy (non-hydrogen) atoms. The molecule has 0 saturated carbocycles. The molecule has 0 aromatic heterocycles. The van der Waals surface area contributed by atoms with Gasteiger partial charge in [-0.3, -0.25) is 0 Å². The number of hydrogen-bond acceptors (Lipinski definition) is 1. The molecule has 62 valence electrons. The minimum atomic E-state index is -0.0615. The van der Waals surface area contributed by atoms with Crippen LogP contribution in [-0.4, -0.2) is 11.7 Å². The van der Waals surface area contributed by atoms with E-state index in [4.69, 9.17) is 5.11 Å². The number of aliphatic hydroxyl groups excluding tert-OH is 1. The Morgan fingerprint density at radius 3 is 2.83 bits per heavy atom. The summed E-state index contributed by atoms with van der Waals surface area (Å²) in [6, 6.07) is 7.98. The molecule has 0 saturated heterocycles. The Morgan fingerprint density at radius 2 is 2.17 bits per heavy atom. The van der Waals surface area contributed by atoms with E-state index >= 15 is 0 Å². The summed E-state index contributed by atoms with van der Waals surface area (Å²) in [6.45, 7) is -0.0615. The van der Waals surface area contributed by atoms with Gasteiger partial charge in [0.25, 0.3) is 0 Å². The van der Waals surface area contributed by atoms with Crippen LogP contribution >= 0.6 is 15.9 Å². The van der Waals surface area contributed by atoms with Gasteiger partial charge in [0.15, 0.2) is 0 Å². The second-order valence-corrected chi connectivity index (χ2v) is 3.23. The Hall–Kier alpha value is -0.780. The molecule has 1 rings (SSSR count). The average molecular weight is 225 g/mol. The summed E-state index contributed by atoms with van der Waals surface area (Å²) >= 11 is 3.37. The zero-order valence-corrected chi connectivity index (χ0v) is 8.13. The Morgan fingerprint density at radius 1 is 1.33 bits per heavy atom. The molecular weight excluding hydrogens is 216 g/mol. The van der Waals surface area contributed by atoms with Crippen molar-refractivity contribution in [2.75, 3.05) is 6.61 Å². The zero-order chi connectivity index (χ0) is 8.81. The van der Waals surface area contributed by atoms with Crippen LogP contribution in [0.25, 0.3) is 0 Å². The third-order valence-corrected chi connectivity index (χ3v) is 1.88. The van der Waals surface area contributed by atoms with E-state index in [0.717, 1.165) is 10.0 Å². The molecule has 0 fully saturated rings. The van der Waals surface area contributed by atoms with E-state index in [0.29, 0.717) is 6.42 Å². The predicted octanol–water partition coefficient (Wildman–Crippen LogP) is 1.99. The lowest BCUT2D eigenvalue weighted by Gasteiger charge is -1.94. The van der Waals surface area contributed by atoms with Crippen molar-refractivity contribution in [1.82, 2.24) is 0 Å². The van der Waals surface area contributed by atoms with Crippen LogP contribution in [0.2, 0.25) is 0 Å². The van der Waals surface area contributed by atoms with Crippen LogP contribution in [0.1, 0.15) is 5.56 Å². The van der Waals surface area contributed by atoms with E-state index in [9.17, 15) is 0 Å². The summed E-state index contributed by atoms with van der Waals surface area (Å²) in [4.78, 5) is 0. The second kappa shape index (κ2) is 4.97. The fourth-order valence-corrected chi connectivity index (χ4v) is 1.31. The minimum Gasteiger partial charge on any atom is -0.384 e. The first-order chi connectivity index (χ1) is 5.83. The van der Waals surface area contributed by atoms with Gasteiger partial charge in [-0.15, -0.1) is 0 Å². The second-order valence-electron chi connectivity index (χ2n) is 2.32. The monoisotopic (exact) mass is 224 g/mol. The van der Waals surface area contributed by atoms with Gasteiger partial charge in [-0.1, -0.05) is 39.9 Å². The van der Waals surface area contributed by atoms with Crippen LogP contribution in [0.15, 0.2) is 28.7 Å².